The van der Waals surface area contributed by atoms with Gasteiger partial charge in [-0.15, -0.1) is 0 Å². The van der Waals surface area contributed by atoms with Gasteiger partial charge in [0.2, 0.25) is 0 Å². The predicted octanol–water partition coefficient (Wildman–Crippen LogP) is 3.10. The minimum Gasteiger partial charge on any atom is -0.369 e. The second kappa shape index (κ2) is 9.30. The van der Waals surface area contributed by atoms with Gasteiger partial charge in [-0.05, 0) is 49.4 Å². The Morgan fingerprint density at radius 1 is 1.03 bits per heavy atom. The van der Waals surface area contributed by atoms with Gasteiger partial charge in [-0.3, -0.25) is 14.5 Å². The summed E-state index contributed by atoms with van der Waals surface area (Å²) in [6.07, 6.45) is 0.843. The van der Waals surface area contributed by atoms with Crippen LogP contribution in [-0.2, 0) is 7.05 Å². The molecule has 0 spiro atoms. The van der Waals surface area contributed by atoms with Crippen LogP contribution in [0, 0.1) is 5.82 Å². The Hall–Kier alpha value is -3.65. The summed E-state index contributed by atoms with van der Waals surface area (Å²) < 4.78 is 14.9. The molecule has 7 nitrogen and oxygen atoms in total. The first-order chi connectivity index (χ1) is 16.5. The molecule has 1 saturated heterocycles. The first kappa shape index (κ1) is 22.2. The van der Waals surface area contributed by atoms with E-state index in [4.69, 9.17) is 0 Å². The highest BCUT2D eigenvalue weighted by Gasteiger charge is 2.19. The van der Waals surface area contributed by atoms with Gasteiger partial charge < -0.3 is 19.8 Å². The van der Waals surface area contributed by atoms with Gasteiger partial charge in [-0.1, -0.05) is 18.2 Å². The number of fused-ring (bicyclic) bond motifs is 3. The fourth-order valence-corrected chi connectivity index (χ4v) is 4.78. The molecule has 0 saturated carbocycles. The van der Waals surface area contributed by atoms with Crippen molar-refractivity contribution in [1.29, 1.82) is 0 Å². The van der Waals surface area contributed by atoms with E-state index in [0.29, 0.717) is 17.6 Å². The van der Waals surface area contributed by atoms with Gasteiger partial charge in [-0.25, -0.2) is 4.39 Å². The van der Waals surface area contributed by atoms with Crippen molar-refractivity contribution >= 4 is 33.4 Å². The molecule has 1 aliphatic heterocycles. The van der Waals surface area contributed by atoms with Crippen molar-refractivity contribution in [3.63, 3.8) is 0 Å². The third-order valence-electron chi connectivity index (χ3n) is 6.64. The molecule has 4 aromatic rings. The maximum Gasteiger partial charge on any atom is 0.267 e. The van der Waals surface area contributed by atoms with Crippen LogP contribution in [0.2, 0.25) is 0 Å². The first-order valence-corrected chi connectivity index (χ1v) is 11.6. The number of anilines is 1. The van der Waals surface area contributed by atoms with E-state index in [-0.39, 0.29) is 17.3 Å². The summed E-state index contributed by atoms with van der Waals surface area (Å²) in [6.45, 7) is 5.13. The highest BCUT2D eigenvalue weighted by molar-refractivity contribution is 6.07. The molecule has 0 unspecified atom stereocenters. The van der Waals surface area contributed by atoms with E-state index in [2.05, 4.69) is 20.1 Å². The highest BCUT2D eigenvalue weighted by Crippen LogP contribution is 2.23. The lowest BCUT2D eigenvalue weighted by Gasteiger charge is -2.36. The van der Waals surface area contributed by atoms with E-state index < -0.39 is 0 Å². The minimum absolute atomic E-state index is 0.177. The molecule has 1 fully saturated rings. The molecule has 8 heteroatoms. The first-order valence-electron chi connectivity index (χ1n) is 11.6. The van der Waals surface area contributed by atoms with Crippen molar-refractivity contribution in [2.75, 3.05) is 44.2 Å². The minimum atomic E-state index is -0.215. The molecule has 34 heavy (non-hydrogen) atoms. The number of aromatic nitrogens is 2. The van der Waals surface area contributed by atoms with Crippen LogP contribution < -0.4 is 15.8 Å². The standard InChI is InChI=1S/C26H28FN5O2/c1-30-23(17-21-24(30)20-5-2-3-6-22(20)29-25(21)33)26(34)28-11-4-12-31-13-15-32(16-14-31)19-9-7-18(27)8-10-19/h2-3,5-10,17H,4,11-16H2,1H3,(H,28,34)(H,29,33). The molecule has 5 rings (SSSR count). The van der Waals surface area contributed by atoms with E-state index in [9.17, 15) is 14.0 Å². The number of hydrogen-bond donors (Lipinski definition) is 2. The molecular formula is C26H28FN5O2. The average Bonchev–Trinajstić information content (AvgIpc) is 3.21. The van der Waals surface area contributed by atoms with Crippen molar-refractivity contribution < 1.29 is 9.18 Å². The molecular weight excluding hydrogens is 433 g/mol. The second-order valence-electron chi connectivity index (χ2n) is 8.77. The maximum absolute atomic E-state index is 13.1. The van der Waals surface area contributed by atoms with Crippen LogP contribution in [0.25, 0.3) is 21.8 Å². The lowest BCUT2D eigenvalue weighted by Crippen LogP contribution is -2.47. The summed E-state index contributed by atoms with van der Waals surface area (Å²) in [5, 5.41) is 4.44. The zero-order valence-corrected chi connectivity index (χ0v) is 19.2. The van der Waals surface area contributed by atoms with Gasteiger partial charge in [0.25, 0.3) is 11.5 Å². The van der Waals surface area contributed by atoms with E-state index in [0.717, 1.165) is 61.3 Å². The van der Waals surface area contributed by atoms with Crippen LogP contribution in [0.4, 0.5) is 10.1 Å². The SMILES string of the molecule is Cn1c(C(=O)NCCCN2CCN(c3ccc(F)cc3)CC2)cc2c(=O)[nH]c3ccccc3c21. The number of amides is 1. The molecule has 2 aromatic carbocycles. The Labute approximate surface area is 196 Å². The molecule has 1 amide bonds. The summed E-state index contributed by atoms with van der Waals surface area (Å²) in [6, 6.07) is 15.9. The number of carbonyl (C=O) groups is 1. The molecule has 0 aliphatic carbocycles. The summed E-state index contributed by atoms with van der Waals surface area (Å²) in [4.78, 5) is 32.9. The zero-order valence-electron chi connectivity index (χ0n) is 19.2. The van der Waals surface area contributed by atoms with Crippen LogP contribution in [0.15, 0.2) is 59.4 Å². The van der Waals surface area contributed by atoms with Gasteiger partial charge in [0.1, 0.15) is 11.5 Å². The predicted molar refractivity (Wildman–Crippen MR) is 133 cm³/mol. The number of H-pyrrole nitrogens is 1. The van der Waals surface area contributed by atoms with Crippen molar-refractivity contribution in [2.24, 2.45) is 7.05 Å². The third kappa shape index (κ3) is 4.28. The van der Waals surface area contributed by atoms with Gasteiger partial charge in [-0.2, -0.15) is 0 Å². The van der Waals surface area contributed by atoms with E-state index in [1.807, 2.05) is 43.4 Å². The van der Waals surface area contributed by atoms with Crippen molar-refractivity contribution in [1.82, 2.24) is 19.8 Å². The number of halogens is 1. The van der Waals surface area contributed by atoms with Crippen LogP contribution in [0.1, 0.15) is 16.9 Å². The molecule has 2 aromatic heterocycles. The largest absolute Gasteiger partial charge is 0.369 e. The lowest BCUT2D eigenvalue weighted by atomic mass is 10.1. The molecule has 0 atom stereocenters. The van der Waals surface area contributed by atoms with Gasteiger partial charge >= 0.3 is 0 Å². The molecule has 2 N–H and O–H groups in total. The van der Waals surface area contributed by atoms with E-state index in [1.54, 1.807) is 10.6 Å². The third-order valence-corrected chi connectivity index (χ3v) is 6.64. The fraction of sp³-hybridized carbons (Fsp3) is 0.308. The molecule has 0 radical (unpaired) electrons. The zero-order chi connectivity index (χ0) is 23.7. The summed E-state index contributed by atoms with van der Waals surface area (Å²) in [7, 11) is 1.82. The van der Waals surface area contributed by atoms with Crippen LogP contribution in [0.5, 0.6) is 0 Å². The van der Waals surface area contributed by atoms with Gasteiger partial charge in [0, 0.05) is 50.8 Å². The summed E-state index contributed by atoms with van der Waals surface area (Å²) in [5.41, 5.74) is 2.86. The van der Waals surface area contributed by atoms with Crippen molar-refractivity contribution in [3.8, 4) is 0 Å². The smallest absolute Gasteiger partial charge is 0.267 e. The Morgan fingerprint density at radius 2 is 1.76 bits per heavy atom. The lowest BCUT2D eigenvalue weighted by molar-refractivity contribution is 0.0944. The fourth-order valence-electron chi connectivity index (χ4n) is 4.78. The molecule has 176 valence electrons. The number of carbonyl (C=O) groups excluding carboxylic acids is 1. The number of aryl methyl sites for hydroxylation is 1. The highest BCUT2D eigenvalue weighted by atomic mass is 19.1. The van der Waals surface area contributed by atoms with E-state index >= 15 is 0 Å². The number of nitrogens with zero attached hydrogens (tertiary/aromatic N) is 3. The van der Waals surface area contributed by atoms with Crippen LogP contribution in [-0.4, -0.2) is 59.6 Å². The number of piperazine rings is 1. The van der Waals surface area contributed by atoms with Crippen LogP contribution in [0.3, 0.4) is 0 Å². The Bertz CT molecular complexity index is 1380. The quantitative estimate of drug-likeness (QED) is 0.433. The number of hydrogen-bond acceptors (Lipinski definition) is 4. The molecule has 0 bridgehead atoms. The van der Waals surface area contributed by atoms with Gasteiger partial charge in [0.05, 0.1) is 16.4 Å². The number of aromatic amines is 1. The summed E-state index contributed by atoms with van der Waals surface area (Å²) >= 11 is 0. The molecule has 1 aliphatic rings. The van der Waals surface area contributed by atoms with Crippen LogP contribution >= 0.6 is 0 Å². The normalized spacial score (nSPS) is 14.7. The Morgan fingerprint density at radius 3 is 2.53 bits per heavy atom. The number of para-hydroxylation sites is 1. The number of benzene rings is 2. The van der Waals surface area contributed by atoms with Gasteiger partial charge in [0.15, 0.2) is 0 Å². The number of rotatable bonds is 6. The number of pyridine rings is 1. The monoisotopic (exact) mass is 461 g/mol. The van der Waals surface area contributed by atoms with Crippen molar-refractivity contribution in [2.45, 2.75) is 6.42 Å². The summed E-state index contributed by atoms with van der Waals surface area (Å²) in [5.74, 6) is -0.392. The Balaban J connectivity index is 1.15. The van der Waals surface area contributed by atoms with E-state index in [1.165, 1.54) is 12.1 Å². The topological polar surface area (TPSA) is 73.4 Å². The Kier molecular flexibility index (Phi) is 6.06. The average molecular weight is 462 g/mol. The maximum atomic E-state index is 13.1. The second-order valence-corrected chi connectivity index (χ2v) is 8.77. The molecule has 3 heterocycles. The van der Waals surface area contributed by atoms with Crippen molar-refractivity contribution in [3.05, 3.63) is 76.5 Å². The number of nitrogens with one attached hydrogen (secondary N) is 2.